The molecule has 1 aliphatic rings. The molecule has 1 N–H and O–H groups in total. The van der Waals surface area contributed by atoms with Crippen LogP contribution in [0.4, 0.5) is 0 Å². The molecule has 21 heavy (non-hydrogen) atoms. The lowest BCUT2D eigenvalue weighted by molar-refractivity contribution is -0.136. The molecule has 118 valence electrons. The van der Waals surface area contributed by atoms with Crippen molar-refractivity contribution in [1.29, 1.82) is 0 Å². The lowest BCUT2D eigenvalue weighted by Gasteiger charge is -2.33. The molecule has 6 heteroatoms. The van der Waals surface area contributed by atoms with Crippen LogP contribution in [-0.4, -0.2) is 53.4 Å². The van der Waals surface area contributed by atoms with Gasteiger partial charge in [-0.05, 0) is 26.7 Å². The Morgan fingerprint density at radius 3 is 2.71 bits per heavy atom. The highest BCUT2D eigenvalue weighted by Gasteiger charge is 2.24. The molecular formula is C15H26N4O2. The van der Waals surface area contributed by atoms with Crippen LogP contribution in [0.1, 0.15) is 37.1 Å². The summed E-state index contributed by atoms with van der Waals surface area (Å²) in [5.41, 5.74) is 2.32. The maximum Gasteiger partial charge on any atom is 0.248 e. The Morgan fingerprint density at radius 2 is 2.19 bits per heavy atom. The topological polar surface area (TPSA) is 59.4 Å². The summed E-state index contributed by atoms with van der Waals surface area (Å²) in [5.74, 6) is 0.0899. The summed E-state index contributed by atoms with van der Waals surface area (Å²) >= 11 is 0. The quantitative estimate of drug-likeness (QED) is 0.881. The predicted octanol–water partition coefficient (Wildman–Crippen LogP) is 1.02. The summed E-state index contributed by atoms with van der Waals surface area (Å²) in [4.78, 5) is 13.7. The molecule has 2 heterocycles. The molecule has 1 aromatic rings. The third-order valence-electron chi connectivity index (χ3n) is 4.12. The number of rotatable bonds is 5. The van der Waals surface area contributed by atoms with Gasteiger partial charge in [-0.3, -0.25) is 9.48 Å². The molecule has 1 saturated heterocycles. The average Bonchev–Trinajstić information content (AvgIpc) is 2.79. The Hall–Kier alpha value is -1.40. The van der Waals surface area contributed by atoms with Crippen LogP contribution < -0.4 is 5.32 Å². The number of likely N-dealkylation sites (tertiary alicyclic amines) is 1. The third kappa shape index (κ3) is 4.04. The van der Waals surface area contributed by atoms with Gasteiger partial charge in [0.2, 0.25) is 5.91 Å². The summed E-state index contributed by atoms with van der Waals surface area (Å²) in [7, 11) is 3.51. The van der Waals surface area contributed by atoms with E-state index >= 15 is 0 Å². The normalized spacial score (nSPS) is 18.0. The maximum absolute atomic E-state index is 11.8. The number of carbonyl (C=O) groups is 1. The molecule has 2 rings (SSSR count). The van der Waals surface area contributed by atoms with E-state index in [1.165, 1.54) is 5.56 Å². The van der Waals surface area contributed by atoms with Crippen molar-refractivity contribution < 1.29 is 9.53 Å². The van der Waals surface area contributed by atoms with Crippen LogP contribution in [0.25, 0.3) is 0 Å². The van der Waals surface area contributed by atoms with E-state index in [0.29, 0.717) is 6.04 Å². The number of ether oxygens (including phenoxy) is 1. The number of aryl methyl sites for hydroxylation is 2. The van der Waals surface area contributed by atoms with Crippen LogP contribution in [0.2, 0.25) is 0 Å². The fraction of sp³-hybridized carbons (Fsp3) is 0.733. The zero-order chi connectivity index (χ0) is 15.4. The van der Waals surface area contributed by atoms with Crippen LogP contribution >= 0.6 is 0 Å². The van der Waals surface area contributed by atoms with E-state index in [-0.39, 0.29) is 18.6 Å². The fourth-order valence-corrected chi connectivity index (χ4v) is 3.00. The molecule has 1 aliphatic heterocycles. The second-order valence-corrected chi connectivity index (χ2v) is 5.82. The van der Waals surface area contributed by atoms with Crippen LogP contribution in [0, 0.1) is 6.92 Å². The molecule has 0 radical (unpaired) electrons. The molecule has 0 bridgehead atoms. The number of nitrogens with zero attached hydrogens (tertiary/aromatic N) is 3. The van der Waals surface area contributed by atoms with Gasteiger partial charge in [0.05, 0.1) is 5.69 Å². The molecule has 1 amide bonds. The number of carbonyl (C=O) groups excluding carboxylic acids is 1. The number of nitrogens with one attached hydrogen (secondary N) is 1. The molecule has 1 aromatic heterocycles. The van der Waals surface area contributed by atoms with Crippen molar-refractivity contribution in [2.24, 2.45) is 7.05 Å². The Bertz CT molecular complexity index is 478. The fourth-order valence-electron chi connectivity index (χ4n) is 3.00. The maximum atomic E-state index is 11.8. The first-order chi connectivity index (χ1) is 10.0. The van der Waals surface area contributed by atoms with Gasteiger partial charge >= 0.3 is 0 Å². The standard InChI is InChI=1S/C15H26N4O2/c1-11(14-9-18(3)17-12(14)2)16-13-5-7-19(8-6-13)15(20)10-21-4/h9,11,13,16H,5-8,10H2,1-4H3. The third-order valence-corrected chi connectivity index (χ3v) is 4.12. The second kappa shape index (κ2) is 7.04. The molecular weight excluding hydrogens is 268 g/mol. The van der Waals surface area contributed by atoms with Crippen molar-refractivity contribution in [3.8, 4) is 0 Å². The average molecular weight is 294 g/mol. The van der Waals surface area contributed by atoms with Crippen LogP contribution in [0.15, 0.2) is 6.20 Å². The Balaban J connectivity index is 1.83. The first-order valence-corrected chi connectivity index (χ1v) is 7.54. The smallest absolute Gasteiger partial charge is 0.248 e. The van der Waals surface area contributed by atoms with Crippen LogP contribution in [-0.2, 0) is 16.6 Å². The lowest BCUT2D eigenvalue weighted by atomic mass is 10.0. The Morgan fingerprint density at radius 1 is 1.52 bits per heavy atom. The van der Waals surface area contributed by atoms with Crippen LogP contribution in [0.3, 0.4) is 0 Å². The van der Waals surface area contributed by atoms with Gasteiger partial charge in [-0.15, -0.1) is 0 Å². The number of hydrogen-bond acceptors (Lipinski definition) is 4. The summed E-state index contributed by atoms with van der Waals surface area (Å²) in [6.07, 6.45) is 4.04. The number of amides is 1. The molecule has 0 aromatic carbocycles. The van der Waals surface area contributed by atoms with Gasteiger partial charge in [0.25, 0.3) is 0 Å². The van der Waals surface area contributed by atoms with E-state index in [1.807, 2.05) is 23.6 Å². The first kappa shape index (κ1) is 16.0. The molecule has 0 aliphatic carbocycles. The van der Waals surface area contributed by atoms with E-state index in [9.17, 15) is 4.79 Å². The minimum Gasteiger partial charge on any atom is -0.375 e. The predicted molar refractivity (Wildman–Crippen MR) is 81.0 cm³/mol. The lowest BCUT2D eigenvalue weighted by Crippen LogP contribution is -2.46. The van der Waals surface area contributed by atoms with Crippen molar-refractivity contribution in [2.75, 3.05) is 26.8 Å². The number of aromatic nitrogens is 2. The van der Waals surface area contributed by atoms with Crippen LogP contribution in [0.5, 0.6) is 0 Å². The van der Waals surface area contributed by atoms with Gasteiger partial charge in [0, 0.05) is 51.1 Å². The van der Waals surface area contributed by atoms with E-state index in [0.717, 1.165) is 31.6 Å². The highest BCUT2D eigenvalue weighted by molar-refractivity contribution is 5.77. The molecule has 1 fully saturated rings. The van der Waals surface area contributed by atoms with Gasteiger partial charge in [-0.1, -0.05) is 0 Å². The summed E-state index contributed by atoms with van der Waals surface area (Å²) < 4.78 is 6.76. The van der Waals surface area contributed by atoms with Gasteiger partial charge in [0.1, 0.15) is 6.61 Å². The Kier molecular flexibility index (Phi) is 5.36. The van der Waals surface area contributed by atoms with E-state index in [4.69, 9.17) is 4.74 Å². The molecule has 0 spiro atoms. The second-order valence-electron chi connectivity index (χ2n) is 5.82. The van der Waals surface area contributed by atoms with Crippen molar-refractivity contribution >= 4 is 5.91 Å². The molecule has 1 unspecified atom stereocenters. The molecule has 1 atom stereocenters. The van der Waals surface area contributed by atoms with Crippen molar-refractivity contribution in [1.82, 2.24) is 20.0 Å². The van der Waals surface area contributed by atoms with Gasteiger partial charge in [0.15, 0.2) is 0 Å². The van der Waals surface area contributed by atoms with Gasteiger partial charge < -0.3 is 15.0 Å². The van der Waals surface area contributed by atoms with Crippen molar-refractivity contribution in [3.63, 3.8) is 0 Å². The minimum absolute atomic E-state index is 0.0899. The first-order valence-electron chi connectivity index (χ1n) is 7.54. The SMILES string of the molecule is COCC(=O)N1CCC(NC(C)c2cn(C)nc2C)CC1. The summed E-state index contributed by atoms with van der Waals surface area (Å²) in [5, 5.41) is 8.05. The molecule has 0 saturated carbocycles. The zero-order valence-corrected chi connectivity index (χ0v) is 13.4. The number of methoxy groups -OCH3 is 1. The highest BCUT2D eigenvalue weighted by atomic mass is 16.5. The van der Waals surface area contributed by atoms with Crippen molar-refractivity contribution in [2.45, 2.75) is 38.8 Å². The van der Waals surface area contributed by atoms with Crippen molar-refractivity contribution in [3.05, 3.63) is 17.5 Å². The Labute approximate surface area is 126 Å². The largest absolute Gasteiger partial charge is 0.375 e. The van der Waals surface area contributed by atoms with Gasteiger partial charge in [-0.2, -0.15) is 5.10 Å². The monoisotopic (exact) mass is 294 g/mol. The highest BCUT2D eigenvalue weighted by Crippen LogP contribution is 2.19. The zero-order valence-electron chi connectivity index (χ0n) is 13.4. The summed E-state index contributed by atoms with van der Waals surface area (Å²) in [6, 6.07) is 0.733. The van der Waals surface area contributed by atoms with E-state index in [1.54, 1.807) is 7.11 Å². The van der Waals surface area contributed by atoms with E-state index < -0.39 is 0 Å². The number of piperidine rings is 1. The summed E-state index contributed by atoms with van der Waals surface area (Å²) in [6.45, 7) is 6.01. The van der Waals surface area contributed by atoms with Gasteiger partial charge in [-0.25, -0.2) is 0 Å². The number of hydrogen-bond donors (Lipinski definition) is 1. The van der Waals surface area contributed by atoms with E-state index in [2.05, 4.69) is 23.5 Å². The molecule has 6 nitrogen and oxygen atoms in total. The minimum atomic E-state index is 0.0899.